The Balaban J connectivity index is 2.29. The van der Waals surface area contributed by atoms with Crippen molar-refractivity contribution >= 4 is 13.2 Å². The standard InChI is InChI=1S/C17H18NOP/c1-3-18(4-2)20(19)17-15-11-7-5-9-13(15)14-10-6-8-12-16(14)17/h5-12H,3-4H2,1-2H3. The number of benzene rings is 2. The molecule has 0 saturated heterocycles. The molecule has 1 aliphatic rings. The van der Waals surface area contributed by atoms with Crippen molar-refractivity contribution in [3.05, 3.63) is 59.7 Å². The predicted octanol–water partition coefficient (Wildman–Crippen LogP) is 3.25. The summed E-state index contributed by atoms with van der Waals surface area (Å²) in [5.41, 5.74) is 4.66. The van der Waals surface area contributed by atoms with E-state index in [0.29, 0.717) is 0 Å². The summed E-state index contributed by atoms with van der Waals surface area (Å²) in [5.74, 6) is 0. The van der Waals surface area contributed by atoms with E-state index in [0.717, 1.165) is 29.5 Å². The molecule has 20 heavy (non-hydrogen) atoms. The Morgan fingerprint density at radius 3 is 1.60 bits per heavy atom. The zero-order valence-corrected chi connectivity index (χ0v) is 12.7. The molecule has 0 bridgehead atoms. The van der Waals surface area contributed by atoms with Gasteiger partial charge in [-0.2, -0.15) is 0 Å². The van der Waals surface area contributed by atoms with Gasteiger partial charge in [-0.25, -0.2) is 0 Å². The van der Waals surface area contributed by atoms with Gasteiger partial charge in [0.2, 0.25) is 0 Å². The summed E-state index contributed by atoms with van der Waals surface area (Å²) in [6, 6.07) is 16.5. The third-order valence-electron chi connectivity index (χ3n) is 3.83. The molecule has 1 aliphatic carbocycles. The maximum absolute atomic E-state index is 13.0. The van der Waals surface area contributed by atoms with Crippen molar-refractivity contribution in [2.24, 2.45) is 0 Å². The Bertz CT molecular complexity index is 627. The fourth-order valence-electron chi connectivity index (χ4n) is 2.82. The fraction of sp³-hybridized carbons (Fsp3) is 0.235. The van der Waals surface area contributed by atoms with Crippen LogP contribution in [-0.4, -0.2) is 23.1 Å². The first-order chi connectivity index (χ1) is 9.77. The molecule has 0 aromatic heterocycles. The zero-order chi connectivity index (χ0) is 14.1. The van der Waals surface area contributed by atoms with Crippen molar-refractivity contribution in [3.63, 3.8) is 0 Å². The van der Waals surface area contributed by atoms with Crippen LogP contribution in [0.15, 0.2) is 48.5 Å². The quantitative estimate of drug-likeness (QED) is 0.690. The smallest absolute Gasteiger partial charge is 0.175 e. The van der Waals surface area contributed by atoms with E-state index >= 15 is 0 Å². The fourth-order valence-corrected chi connectivity index (χ4v) is 4.42. The highest BCUT2D eigenvalue weighted by Crippen LogP contribution is 2.41. The molecule has 2 aromatic carbocycles. The number of hydrogen-bond acceptors (Lipinski definition) is 2. The van der Waals surface area contributed by atoms with Crippen molar-refractivity contribution in [3.8, 4) is 11.1 Å². The second-order valence-electron chi connectivity index (χ2n) is 4.85. The minimum absolute atomic E-state index is 0.805. The maximum atomic E-state index is 13.0. The molecule has 0 spiro atoms. The molecule has 0 saturated carbocycles. The van der Waals surface area contributed by atoms with Gasteiger partial charge in [0, 0.05) is 24.2 Å². The molecule has 0 N–H and O–H groups in total. The van der Waals surface area contributed by atoms with Gasteiger partial charge < -0.3 is 4.89 Å². The number of hydrogen-bond donors (Lipinski definition) is 0. The molecule has 0 fully saturated rings. The van der Waals surface area contributed by atoms with Crippen molar-refractivity contribution in [2.75, 3.05) is 13.1 Å². The summed E-state index contributed by atoms with van der Waals surface area (Å²) >= 11 is 0. The van der Waals surface area contributed by atoms with Gasteiger partial charge in [-0.05, 0) is 37.1 Å². The largest absolute Gasteiger partial charge is 0.613 e. The minimum atomic E-state index is -1.52. The molecular formula is C17H18NOP. The van der Waals surface area contributed by atoms with E-state index in [-0.39, 0.29) is 0 Å². The summed E-state index contributed by atoms with van der Waals surface area (Å²) < 4.78 is 2.03. The lowest BCUT2D eigenvalue weighted by atomic mass is 10.1. The van der Waals surface area contributed by atoms with Crippen LogP contribution in [0.25, 0.3) is 11.1 Å². The second-order valence-corrected chi connectivity index (χ2v) is 6.41. The Hall–Kier alpha value is -1.47. The van der Waals surface area contributed by atoms with Crippen molar-refractivity contribution in [2.45, 2.75) is 13.8 Å². The average molecular weight is 283 g/mol. The highest BCUT2D eigenvalue weighted by atomic mass is 31.1. The predicted molar refractivity (Wildman–Crippen MR) is 84.9 cm³/mol. The molecule has 0 heterocycles. The van der Waals surface area contributed by atoms with Gasteiger partial charge in [0.15, 0.2) is 13.2 Å². The van der Waals surface area contributed by atoms with Crippen LogP contribution >= 0.6 is 7.92 Å². The molecule has 0 aliphatic heterocycles. The lowest BCUT2D eigenvalue weighted by molar-refractivity contribution is -0.162. The summed E-state index contributed by atoms with van der Waals surface area (Å²) in [5, 5.41) is 0.995. The van der Waals surface area contributed by atoms with Crippen LogP contribution in [0.4, 0.5) is 0 Å². The maximum Gasteiger partial charge on any atom is 0.175 e. The van der Waals surface area contributed by atoms with Crippen LogP contribution in [-0.2, 0) is 0 Å². The SMILES string of the molecule is CCN(CC)[P+]([O-])=C1c2ccccc2-c2ccccc21. The van der Waals surface area contributed by atoms with Crippen LogP contribution in [0, 0.1) is 0 Å². The highest BCUT2D eigenvalue weighted by molar-refractivity contribution is 7.50. The number of rotatable bonds is 3. The molecule has 0 radical (unpaired) electrons. The summed E-state index contributed by atoms with van der Waals surface area (Å²) in [6.07, 6.45) is 0. The van der Waals surface area contributed by atoms with E-state index in [1.165, 1.54) is 11.1 Å². The van der Waals surface area contributed by atoms with E-state index < -0.39 is 7.92 Å². The first-order valence-electron chi connectivity index (χ1n) is 7.06. The third-order valence-corrected chi connectivity index (χ3v) is 5.78. The molecule has 2 nitrogen and oxygen atoms in total. The van der Waals surface area contributed by atoms with Gasteiger partial charge in [-0.1, -0.05) is 36.4 Å². The van der Waals surface area contributed by atoms with Gasteiger partial charge in [-0.15, -0.1) is 4.67 Å². The van der Waals surface area contributed by atoms with Gasteiger partial charge in [-0.3, -0.25) is 0 Å². The first kappa shape index (κ1) is 13.5. The molecular weight excluding hydrogens is 265 g/mol. The monoisotopic (exact) mass is 283 g/mol. The number of fused-ring (bicyclic) bond motifs is 3. The van der Waals surface area contributed by atoms with Crippen molar-refractivity contribution in [1.82, 2.24) is 4.67 Å². The normalized spacial score (nSPS) is 13.4. The summed E-state index contributed by atoms with van der Waals surface area (Å²) in [4.78, 5) is 13.0. The molecule has 1 unspecified atom stereocenters. The van der Waals surface area contributed by atoms with Crippen LogP contribution in [0.2, 0.25) is 0 Å². The molecule has 3 rings (SSSR count). The lowest BCUT2D eigenvalue weighted by Crippen LogP contribution is -2.22. The summed E-state index contributed by atoms with van der Waals surface area (Å²) in [6.45, 7) is 5.73. The Kier molecular flexibility index (Phi) is 3.71. The Morgan fingerprint density at radius 2 is 1.20 bits per heavy atom. The zero-order valence-electron chi connectivity index (χ0n) is 11.8. The lowest BCUT2D eigenvalue weighted by Gasteiger charge is -2.15. The van der Waals surface area contributed by atoms with E-state index in [2.05, 4.69) is 38.1 Å². The van der Waals surface area contributed by atoms with E-state index in [9.17, 15) is 4.89 Å². The Labute approximate surface area is 121 Å². The topological polar surface area (TPSA) is 26.3 Å². The van der Waals surface area contributed by atoms with Crippen LogP contribution in [0.1, 0.15) is 25.0 Å². The van der Waals surface area contributed by atoms with Crippen molar-refractivity contribution < 1.29 is 4.89 Å². The first-order valence-corrected chi connectivity index (χ1v) is 8.27. The molecule has 3 heteroatoms. The minimum Gasteiger partial charge on any atom is -0.613 e. The molecule has 102 valence electrons. The van der Waals surface area contributed by atoms with Gasteiger partial charge in [0.25, 0.3) is 0 Å². The van der Waals surface area contributed by atoms with E-state index in [1.54, 1.807) is 0 Å². The van der Waals surface area contributed by atoms with Gasteiger partial charge in [0.05, 0.1) is 0 Å². The molecule has 2 aromatic rings. The molecule has 0 amide bonds. The second kappa shape index (κ2) is 5.49. The Morgan fingerprint density at radius 1 is 0.800 bits per heavy atom. The van der Waals surface area contributed by atoms with Crippen molar-refractivity contribution in [1.29, 1.82) is 0 Å². The van der Waals surface area contributed by atoms with Crippen LogP contribution in [0.5, 0.6) is 0 Å². The number of nitrogens with zero attached hydrogens (tertiary/aromatic N) is 1. The molecule has 1 atom stereocenters. The summed E-state index contributed by atoms with van der Waals surface area (Å²) in [7, 11) is -1.52. The van der Waals surface area contributed by atoms with E-state index in [1.807, 2.05) is 28.9 Å². The highest BCUT2D eigenvalue weighted by Gasteiger charge is 2.31. The van der Waals surface area contributed by atoms with E-state index in [4.69, 9.17) is 0 Å². The van der Waals surface area contributed by atoms with Gasteiger partial charge >= 0.3 is 0 Å². The van der Waals surface area contributed by atoms with Crippen LogP contribution < -0.4 is 4.89 Å². The average Bonchev–Trinajstić information content (AvgIpc) is 2.83. The van der Waals surface area contributed by atoms with Gasteiger partial charge in [0.1, 0.15) is 0 Å². The third kappa shape index (κ3) is 2.01. The van der Waals surface area contributed by atoms with Crippen LogP contribution in [0.3, 0.4) is 0 Å².